The maximum Gasteiger partial charge on any atom is 0.108 e. The molecule has 0 aromatic carbocycles. The Morgan fingerprint density at radius 3 is 2.18 bits per heavy atom. The van der Waals surface area contributed by atoms with Crippen molar-refractivity contribution in [2.45, 2.75) is 38.1 Å². The van der Waals surface area contributed by atoms with Crippen LogP contribution in [-0.2, 0) is 0 Å². The van der Waals surface area contributed by atoms with E-state index in [0.29, 0.717) is 0 Å². The Morgan fingerprint density at radius 1 is 1.45 bits per heavy atom. The fourth-order valence-corrected chi connectivity index (χ4v) is 0.770. The molecule has 0 rings (SSSR count). The van der Waals surface area contributed by atoms with Gasteiger partial charge in [-0.25, -0.2) is 0 Å². The van der Waals surface area contributed by atoms with E-state index >= 15 is 0 Å². The molecule has 0 aromatic rings. The van der Waals surface area contributed by atoms with Crippen molar-refractivity contribution in [2.24, 2.45) is 0 Å². The molecule has 3 nitrogen and oxygen atoms in total. The number of hydrogen-bond donors (Lipinski definition) is 3. The lowest BCUT2D eigenvalue weighted by molar-refractivity contribution is -0.104. The van der Waals surface area contributed by atoms with Gasteiger partial charge < -0.3 is 15.3 Å². The summed E-state index contributed by atoms with van der Waals surface area (Å²) in [5, 5.41) is 27.6. The minimum absolute atomic E-state index is 0.283. The largest absolute Gasteiger partial charge is 0.390 e. The summed E-state index contributed by atoms with van der Waals surface area (Å²) in [4.78, 5) is 0. The van der Waals surface area contributed by atoms with Gasteiger partial charge in [-0.1, -0.05) is 6.08 Å². The second kappa shape index (κ2) is 3.85. The molecule has 3 N–H and O–H groups in total. The molecule has 0 aliphatic heterocycles. The van der Waals surface area contributed by atoms with Crippen LogP contribution < -0.4 is 0 Å². The van der Waals surface area contributed by atoms with Gasteiger partial charge in [0.25, 0.3) is 0 Å². The molecule has 0 radical (unpaired) electrons. The first-order valence-electron chi connectivity index (χ1n) is 3.59. The number of aliphatic hydroxyl groups excluding tert-OH is 2. The molecule has 2 atom stereocenters. The van der Waals surface area contributed by atoms with E-state index in [1.807, 2.05) is 0 Å². The van der Waals surface area contributed by atoms with E-state index in [2.05, 4.69) is 6.58 Å². The van der Waals surface area contributed by atoms with Crippen LogP contribution in [0.3, 0.4) is 0 Å². The lowest BCUT2D eigenvalue weighted by atomic mass is 9.95. The van der Waals surface area contributed by atoms with Gasteiger partial charge in [0.15, 0.2) is 0 Å². The van der Waals surface area contributed by atoms with Gasteiger partial charge in [0.2, 0.25) is 0 Å². The van der Waals surface area contributed by atoms with Crippen LogP contribution >= 0.6 is 0 Å². The Balaban J connectivity index is 4.01. The zero-order valence-corrected chi connectivity index (χ0v) is 6.99. The van der Waals surface area contributed by atoms with Crippen molar-refractivity contribution in [1.29, 1.82) is 0 Å². The van der Waals surface area contributed by atoms with E-state index in [1.54, 1.807) is 0 Å². The van der Waals surface area contributed by atoms with Crippen LogP contribution in [0.25, 0.3) is 0 Å². The highest BCUT2D eigenvalue weighted by Crippen LogP contribution is 2.14. The normalized spacial score (nSPS) is 17.5. The molecule has 0 amide bonds. The first-order valence-corrected chi connectivity index (χ1v) is 3.59. The van der Waals surface area contributed by atoms with Crippen LogP contribution in [-0.4, -0.2) is 33.1 Å². The second-order valence-corrected chi connectivity index (χ2v) is 3.19. The Kier molecular flexibility index (Phi) is 3.72. The van der Waals surface area contributed by atoms with E-state index in [0.717, 1.165) is 0 Å². The van der Waals surface area contributed by atoms with Crippen molar-refractivity contribution < 1.29 is 15.3 Å². The highest BCUT2D eigenvalue weighted by Gasteiger charge is 2.30. The molecule has 0 aromatic heterocycles. The summed E-state index contributed by atoms with van der Waals surface area (Å²) in [6.07, 6.45) is -0.280. The van der Waals surface area contributed by atoms with Gasteiger partial charge >= 0.3 is 0 Å². The van der Waals surface area contributed by atoms with Gasteiger partial charge in [-0.3, -0.25) is 0 Å². The van der Waals surface area contributed by atoms with Gasteiger partial charge in [0, 0.05) is 0 Å². The first kappa shape index (κ1) is 10.6. The molecular formula is C8H16O3. The summed E-state index contributed by atoms with van der Waals surface area (Å²) in [5.74, 6) is 0. The topological polar surface area (TPSA) is 60.7 Å². The predicted molar refractivity (Wildman–Crippen MR) is 43.1 cm³/mol. The van der Waals surface area contributed by atoms with E-state index in [-0.39, 0.29) is 6.42 Å². The number of rotatable bonds is 4. The van der Waals surface area contributed by atoms with Crippen LogP contribution in [0.4, 0.5) is 0 Å². The summed E-state index contributed by atoms with van der Waals surface area (Å²) in [7, 11) is 0. The van der Waals surface area contributed by atoms with Gasteiger partial charge in [-0.15, -0.1) is 6.58 Å². The maximum absolute atomic E-state index is 9.24. The van der Waals surface area contributed by atoms with Crippen molar-refractivity contribution in [1.82, 2.24) is 0 Å². The fraction of sp³-hybridized carbons (Fsp3) is 0.750. The fourth-order valence-electron chi connectivity index (χ4n) is 0.770. The average Bonchev–Trinajstić information content (AvgIpc) is 1.85. The Morgan fingerprint density at radius 2 is 1.91 bits per heavy atom. The summed E-state index contributed by atoms with van der Waals surface area (Å²) in [5.41, 5.74) is -1.26. The molecule has 0 aliphatic carbocycles. The maximum atomic E-state index is 9.24. The minimum atomic E-state index is -1.26. The van der Waals surface area contributed by atoms with Crippen LogP contribution in [0.5, 0.6) is 0 Å². The van der Waals surface area contributed by atoms with Gasteiger partial charge in [0.1, 0.15) is 6.10 Å². The van der Waals surface area contributed by atoms with E-state index < -0.39 is 17.8 Å². The highest BCUT2D eigenvalue weighted by molar-refractivity contribution is 4.86. The molecule has 0 saturated heterocycles. The third-order valence-corrected chi connectivity index (χ3v) is 1.50. The summed E-state index contributed by atoms with van der Waals surface area (Å²) in [6, 6.07) is 0. The molecule has 0 saturated carbocycles. The molecule has 66 valence electrons. The Hall–Kier alpha value is -0.380. The van der Waals surface area contributed by atoms with Crippen LogP contribution in [0.1, 0.15) is 20.3 Å². The van der Waals surface area contributed by atoms with Gasteiger partial charge in [0.05, 0.1) is 11.7 Å². The summed E-state index contributed by atoms with van der Waals surface area (Å²) >= 11 is 0. The zero-order chi connectivity index (χ0) is 9.07. The monoisotopic (exact) mass is 160 g/mol. The molecule has 0 unspecified atom stereocenters. The molecule has 0 fully saturated rings. The lowest BCUT2D eigenvalue weighted by Gasteiger charge is -2.27. The average molecular weight is 160 g/mol. The number of aliphatic hydroxyl groups is 3. The molecule has 0 spiro atoms. The van der Waals surface area contributed by atoms with Crippen molar-refractivity contribution in [2.75, 3.05) is 0 Å². The SMILES string of the molecule is C=CC[C@@H](O)[C@H](O)C(C)(C)O. The lowest BCUT2D eigenvalue weighted by Crippen LogP contribution is -2.44. The molecule has 0 heterocycles. The van der Waals surface area contributed by atoms with E-state index in [4.69, 9.17) is 0 Å². The Labute approximate surface area is 67.0 Å². The molecule has 0 bridgehead atoms. The van der Waals surface area contributed by atoms with E-state index in [1.165, 1.54) is 19.9 Å². The van der Waals surface area contributed by atoms with Gasteiger partial charge in [-0.05, 0) is 20.3 Å². The Bertz CT molecular complexity index is 126. The molecular weight excluding hydrogens is 144 g/mol. The standard InChI is InChI=1S/C8H16O3/c1-4-5-6(9)7(10)8(2,3)11/h4,6-7,9-11H,1,5H2,2-3H3/t6-,7+/m1/s1. The zero-order valence-electron chi connectivity index (χ0n) is 6.99. The summed E-state index contributed by atoms with van der Waals surface area (Å²) < 4.78 is 0. The smallest absolute Gasteiger partial charge is 0.108 e. The van der Waals surface area contributed by atoms with Crippen molar-refractivity contribution >= 4 is 0 Å². The van der Waals surface area contributed by atoms with Crippen molar-refractivity contribution in [3.63, 3.8) is 0 Å². The first-order chi connectivity index (χ1) is 4.89. The van der Waals surface area contributed by atoms with E-state index in [9.17, 15) is 15.3 Å². The second-order valence-electron chi connectivity index (χ2n) is 3.19. The van der Waals surface area contributed by atoms with Crippen molar-refractivity contribution in [3.8, 4) is 0 Å². The van der Waals surface area contributed by atoms with Crippen LogP contribution in [0.15, 0.2) is 12.7 Å². The van der Waals surface area contributed by atoms with Crippen molar-refractivity contribution in [3.05, 3.63) is 12.7 Å². The quantitative estimate of drug-likeness (QED) is 0.509. The highest BCUT2D eigenvalue weighted by atomic mass is 16.4. The minimum Gasteiger partial charge on any atom is -0.390 e. The predicted octanol–water partition coefficient (Wildman–Crippen LogP) is 0.0552. The van der Waals surface area contributed by atoms with Crippen LogP contribution in [0.2, 0.25) is 0 Å². The third-order valence-electron chi connectivity index (χ3n) is 1.50. The summed E-state index contributed by atoms with van der Waals surface area (Å²) in [6.45, 7) is 6.31. The molecule has 0 aliphatic rings. The van der Waals surface area contributed by atoms with Crippen LogP contribution in [0, 0.1) is 0 Å². The molecule has 3 heteroatoms. The number of hydrogen-bond acceptors (Lipinski definition) is 3. The molecule has 11 heavy (non-hydrogen) atoms. The third kappa shape index (κ3) is 3.51. The van der Waals surface area contributed by atoms with Gasteiger partial charge in [-0.2, -0.15) is 0 Å².